The molecule has 52 heavy (non-hydrogen) atoms. The quantitative estimate of drug-likeness (QED) is 0.129. The Kier molecular flexibility index (Phi) is 10.6. The molecule has 260 valence electrons. The third-order valence-corrected chi connectivity index (χ3v) is 10.6. The van der Waals surface area contributed by atoms with Crippen LogP contribution in [0.1, 0.15) is 35.5 Å². The maximum Gasteiger partial charge on any atom is 0.191 e. The van der Waals surface area contributed by atoms with Gasteiger partial charge in [-0.3, -0.25) is 0 Å². The molecule has 0 aliphatic rings. The molecule has 4 aromatic heterocycles. The molecule has 0 saturated carbocycles. The second-order valence-electron chi connectivity index (χ2n) is 11.9. The summed E-state index contributed by atoms with van der Waals surface area (Å²) in [6.45, 7) is 4.31. The molecule has 0 N–H and O–H groups in total. The molecule has 0 aliphatic heterocycles. The zero-order valence-corrected chi connectivity index (χ0v) is 30.7. The molecule has 8 rings (SSSR count). The van der Waals surface area contributed by atoms with Gasteiger partial charge in [-0.1, -0.05) is 108 Å². The highest BCUT2D eigenvalue weighted by Crippen LogP contribution is 2.35. The minimum Gasteiger partial charge on any atom is -0.312 e. The Morgan fingerprint density at radius 1 is 0.519 bits per heavy atom. The van der Waals surface area contributed by atoms with Crippen LogP contribution >= 0.6 is 23.5 Å². The van der Waals surface area contributed by atoms with E-state index in [2.05, 4.69) is 78.9 Å². The summed E-state index contributed by atoms with van der Waals surface area (Å²) in [6.07, 6.45) is 7.01. The first kappa shape index (κ1) is 34.6. The van der Waals surface area contributed by atoms with Gasteiger partial charge in [0, 0.05) is 35.7 Å². The minimum absolute atomic E-state index is 0.238. The summed E-state index contributed by atoms with van der Waals surface area (Å²) >= 11 is 3.35. The maximum absolute atomic E-state index is 4.61. The van der Waals surface area contributed by atoms with Gasteiger partial charge in [-0.2, -0.15) is 19.8 Å². The van der Waals surface area contributed by atoms with Crippen LogP contribution in [-0.2, 0) is 14.1 Å². The van der Waals surface area contributed by atoms with Crippen molar-refractivity contribution in [1.29, 1.82) is 0 Å². The van der Waals surface area contributed by atoms with Crippen molar-refractivity contribution in [3.05, 3.63) is 145 Å². The minimum atomic E-state index is 0.238. The van der Waals surface area contributed by atoms with Crippen LogP contribution in [0.15, 0.2) is 145 Å². The molecular weight excluding hydrogens is 689 g/mol. The Hall–Kier alpha value is -5.86. The average molecular weight is 725 g/mol. The SMILES string of the molecule is C[C@@H](Sc1nncn1C)c1cccc(-n2ncc(-c3ccccc3)n2)c1.C[C@H](Sc1nncn1C)c1cccc(-n2ncc(-c3ccccc3)n2)c1. The third kappa shape index (κ3) is 8.19. The van der Waals surface area contributed by atoms with Crippen molar-refractivity contribution in [2.24, 2.45) is 14.1 Å². The lowest BCUT2D eigenvalue weighted by Crippen LogP contribution is -2.01. The first-order valence-corrected chi connectivity index (χ1v) is 18.3. The van der Waals surface area contributed by atoms with Gasteiger partial charge in [0.1, 0.15) is 24.0 Å². The Bertz CT molecular complexity index is 2180. The number of benzene rings is 4. The monoisotopic (exact) mass is 724 g/mol. The van der Waals surface area contributed by atoms with Gasteiger partial charge in [-0.15, -0.1) is 30.6 Å². The predicted octanol–water partition coefficient (Wildman–Crippen LogP) is 7.83. The molecule has 0 radical (unpaired) electrons. The van der Waals surface area contributed by atoms with Crippen molar-refractivity contribution in [2.45, 2.75) is 34.7 Å². The normalized spacial score (nSPS) is 12.2. The number of hydrogen-bond acceptors (Lipinski definition) is 10. The van der Waals surface area contributed by atoms with Crippen molar-refractivity contribution >= 4 is 23.5 Å². The van der Waals surface area contributed by atoms with Gasteiger partial charge in [0.2, 0.25) is 0 Å². The Labute approximate surface area is 310 Å². The fourth-order valence-corrected chi connectivity index (χ4v) is 7.09. The van der Waals surface area contributed by atoms with Crippen molar-refractivity contribution < 1.29 is 0 Å². The predicted molar refractivity (Wildman–Crippen MR) is 204 cm³/mol. The Balaban J connectivity index is 0.000000162. The molecule has 0 aliphatic carbocycles. The summed E-state index contributed by atoms with van der Waals surface area (Å²) in [5.74, 6) is 0. The van der Waals surface area contributed by atoms with E-state index in [1.54, 1.807) is 58.2 Å². The van der Waals surface area contributed by atoms with Gasteiger partial charge in [0.05, 0.1) is 23.8 Å². The first-order chi connectivity index (χ1) is 25.4. The van der Waals surface area contributed by atoms with Crippen molar-refractivity contribution in [3.63, 3.8) is 0 Å². The summed E-state index contributed by atoms with van der Waals surface area (Å²) in [6, 6.07) is 36.7. The zero-order chi connectivity index (χ0) is 35.9. The van der Waals surface area contributed by atoms with Crippen molar-refractivity contribution in [1.82, 2.24) is 59.5 Å². The molecule has 0 fully saturated rings. The highest BCUT2D eigenvalue weighted by molar-refractivity contribution is 7.99. The van der Waals surface area contributed by atoms with Crippen LogP contribution in [0.25, 0.3) is 33.9 Å². The van der Waals surface area contributed by atoms with Gasteiger partial charge in [0.15, 0.2) is 10.3 Å². The third-order valence-electron chi connectivity index (χ3n) is 8.17. The lowest BCUT2D eigenvalue weighted by atomic mass is 10.1. The highest BCUT2D eigenvalue weighted by Gasteiger charge is 2.15. The van der Waals surface area contributed by atoms with E-state index in [1.807, 2.05) is 108 Å². The molecular formula is C38H36N12S2. The van der Waals surface area contributed by atoms with E-state index in [9.17, 15) is 0 Å². The average Bonchev–Trinajstić information content (AvgIpc) is 4.03. The van der Waals surface area contributed by atoms with E-state index in [0.29, 0.717) is 0 Å². The van der Waals surface area contributed by atoms with E-state index in [1.165, 1.54) is 11.1 Å². The topological polar surface area (TPSA) is 123 Å². The van der Waals surface area contributed by atoms with Crippen LogP contribution in [0.4, 0.5) is 0 Å². The van der Waals surface area contributed by atoms with Crippen LogP contribution in [-0.4, -0.2) is 59.5 Å². The largest absolute Gasteiger partial charge is 0.312 e. The van der Waals surface area contributed by atoms with Crippen LogP contribution in [0.5, 0.6) is 0 Å². The van der Waals surface area contributed by atoms with Gasteiger partial charge >= 0.3 is 0 Å². The fraction of sp³-hybridized carbons (Fsp3) is 0.158. The number of nitrogens with zero attached hydrogens (tertiary/aromatic N) is 12. The van der Waals surface area contributed by atoms with Gasteiger partial charge < -0.3 is 9.13 Å². The van der Waals surface area contributed by atoms with E-state index in [0.717, 1.165) is 44.2 Å². The Morgan fingerprint density at radius 2 is 0.942 bits per heavy atom. The number of aromatic nitrogens is 12. The molecule has 0 saturated heterocycles. The standard InChI is InChI=1S/2C19H18N6S/c2*1-14(26-19-22-20-13-24(19)2)16-9-6-10-17(11-16)25-21-12-18(23-25)15-7-4-3-5-8-15/h2*3-14H,1-2H3/t2*14-/m10/s1. The number of rotatable bonds is 10. The molecule has 0 bridgehead atoms. The number of aryl methyl sites for hydroxylation is 2. The smallest absolute Gasteiger partial charge is 0.191 e. The fourth-order valence-electron chi connectivity index (χ4n) is 5.27. The van der Waals surface area contributed by atoms with Crippen LogP contribution < -0.4 is 0 Å². The lowest BCUT2D eigenvalue weighted by molar-refractivity contribution is 0.752. The second kappa shape index (κ2) is 16.0. The molecule has 4 heterocycles. The molecule has 2 atom stereocenters. The summed E-state index contributed by atoms with van der Waals surface area (Å²) in [5.41, 5.74) is 8.09. The van der Waals surface area contributed by atoms with Crippen LogP contribution in [0, 0.1) is 0 Å². The summed E-state index contributed by atoms with van der Waals surface area (Å²) in [4.78, 5) is 3.34. The molecule has 0 spiro atoms. The zero-order valence-electron chi connectivity index (χ0n) is 29.0. The highest BCUT2D eigenvalue weighted by atomic mass is 32.2. The second-order valence-corrected chi connectivity index (χ2v) is 14.5. The van der Waals surface area contributed by atoms with Crippen molar-refractivity contribution in [3.8, 4) is 33.9 Å². The molecule has 4 aromatic carbocycles. The summed E-state index contributed by atoms with van der Waals surface area (Å²) in [7, 11) is 3.90. The van der Waals surface area contributed by atoms with Crippen LogP contribution in [0.3, 0.4) is 0 Å². The summed E-state index contributed by atoms with van der Waals surface area (Å²) in [5, 5.41) is 36.5. The van der Waals surface area contributed by atoms with Gasteiger partial charge in [-0.25, -0.2) is 0 Å². The molecule has 0 amide bonds. The van der Waals surface area contributed by atoms with E-state index < -0.39 is 0 Å². The molecule has 14 heteroatoms. The molecule has 0 unspecified atom stereocenters. The van der Waals surface area contributed by atoms with Gasteiger partial charge in [-0.05, 0) is 49.2 Å². The first-order valence-electron chi connectivity index (χ1n) is 16.6. The van der Waals surface area contributed by atoms with E-state index in [-0.39, 0.29) is 10.5 Å². The molecule has 8 aromatic rings. The van der Waals surface area contributed by atoms with Crippen molar-refractivity contribution in [2.75, 3.05) is 0 Å². The van der Waals surface area contributed by atoms with E-state index in [4.69, 9.17) is 0 Å². The lowest BCUT2D eigenvalue weighted by Gasteiger charge is -2.12. The Morgan fingerprint density at radius 3 is 1.33 bits per heavy atom. The summed E-state index contributed by atoms with van der Waals surface area (Å²) < 4.78 is 3.85. The maximum atomic E-state index is 4.61. The number of hydrogen-bond donors (Lipinski definition) is 0. The van der Waals surface area contributed by atoms with E-state index >= 15 is 0 Å². The number of thioether (sulfide) groups is 2. The molecule has 12 nitrogen and oxygen atoms in total. The van der Waals surface area contributed by atoms with Gasteiger partial charge in [0.25, 0.3) is 0 Å². The van der Waals surface area contributed by atoms with Crippen LogP contribution in [0.2, 0.25) is 0 Å².